The molecule has 40 heavy (non-hydrogen) atoms. The van der Waals surface area contributed by atoms with Crippen LogP contribution in [0.3, 0.4) is 0 Å². The Hall–Kier alpha value is -3.63. The zero-order chi connectivity index (χ0) is 29.7. The second-order valence-corrected chi connectivity index (χ2v) is 10.1. The number of amides is 1. The van der Waals surface area contributed by atoms with Crippen LogP contribution in [0.15, 0.2) is 60.9 Å². The molecule has 3 aromatic rings. The summed E-state index contributed by atoms with van der Waals surface area (Å²) in [5.74, 6) is 6.33. The number of aromatic nitrogens is 1. The van der Waals surface area contributed by atoms with Gasteiger partial charge in [-0.05, 0) is 93.1 Å². The van der Waals surface area contributed by atoms with Crippen molar-refractivity contribution in [2.24, 2.45) is 5.92 Å². The minimum absolute atomic E-state index is 0.0908. The van der Waals surface area contributed by atoms with Crippen LogP contribution >= 0.6 is 0 Å². The molecule has 1 amide bonds. The number of aryl methyl sites for hydroxylation is 2. The summed E-state index contributed by atoms with van der Waals surface area (Å²) in [6, 6.07) is 13.1. The molecule has 214 valence electrons. The lowest BCUT2D eigenvalue weighted by Gasteiger charge is -2.14. The van der Waals surface area contributed by atoms with E-state index in [2.05, 4.69) is 55.2 Å². The number of anilines is 1. The molecule has 0 bridgehead atoms. The Balaban J connectivity index is 0.000000478. The highest BCUT2D eigenvalue weighted by Crippen LogP contribution is 2.34. The number of carbonyl (C=O) groups excluding carboxylic acids is 1. The predicted octanol–water partition coefficient (Wildman–Crippen LogP) is 8.04. The fourth-order valence-electron chi connectivity index (χ4n) is 3.67. The Morgan fingerprint density at radius 2 is 1.77 bits per heavy atom. The molecule has 0 saturated heterocycles. The zero-order valence-electron chi connectivity index (χ0n) is 24.2. The Kier molecular flexibility index (Phi) is 12.9. The van der Waals surface area contributed by atoms with Gasteiger partial charge in [0, 0.05) is 40.8 Å². The standard InChI is InChI=1S/C24H19F3N2O.C9H21N/c1-3-18-10-11-21(14-22(18)24(25,26)27)29-23(30)20-8-6-16(2)19(13-20)9-7-17-5-4-12-28-15-17;1-5-9(4)10-7-6-8(2)3/h4-6,8,10-15H,3H2,1-2H3,(H,29,30);8-10H,5-7H2,1-4H3. The molecule has 7 heteroatoms. The van der Waals surface area contributed by atoms with Crippen LogP contribution in [0, 0.1) is 24.7 Å². The average molecular weight is 552 g/mol. The zero-order valence-corrected chi connectivity index (χ0v) is 24.2. The number of benzene rings is 2. The van der Waals surface area contributed by atoms with E-state index in [0.717, 1.165) is 23.1 Å². The first-order valence-corrected chi connectivity index (χ1v) is 13.7. The van der Waals surface area contributed by atoms with Crippen molar-refractivity contribution in [3.05, 3.63) is 94.3 Å². The van der Waals surface area contributed by atoms with Gasteiger partial charge in [-0.2, -0.15) is 13.2 Å². The van der Waals surface area contributed by atoms with Gasteiger partial charge in [-0.25, -0.2) is 0 Å². The van der Waals surface area contributed by atoms with Gasteiger partial charge < -0.3 is 10.6 Å². The molecule has 0 fully saturated rings. The highest BCUT2D eigenvalue weighted by atomic mass is 19.4. The van der Waals surface area contributed by atoms with Gasteiger partial charge in [0.2, 0.25) is 0 Å². The highest BCUT2D eigenvalue weighted by Gasteiger charge is 2.33. The number of alkyl halides is 3. The van der Waals surface area contributed by atoms with E-state index in [1.165, 1.54) is 31.5 Å². The van der Waals surface area contributed by atoms with Crippen molar-refractivity contribution in [2.45, 2.75) is 73.0 Å². The summed E-state index contributed by atoms with van der Waals surface area (Å²) in [7, 11) is 0. The van der Waals surface area contributed by atoms with Crippen molar-refractivity contribution in [3.63, 3.8) is 0 Å². The van der Waals surface area contributed by atoms with Crippen molar-refractivity contribution in [1.29, 1.82) is 0 Å². The van der Waals surface area contributed by atoms with E-state index in [0.29, 0.717) is 17.2 Å². The summed E-state index contributed by atoms with van der Waals surface area (Å²) in [5.41, 5.74) is 2.12. The van der Waals surface area contributed by atoms with Gasteiger partial charge in [0.25, 0.3) is 5.91 Å². The van der Waals surface area contributed by atoms with Crippen LogP contribution in [-0.4, -0.2) is 23.5 Å². The summed E-state index contributed by atoms with van der Waals surface area (Å²) in [5, 5.41) is 6.01. The second-order valence-electron chi connectivity index (χ2n) is 10.1. The molecule has 3 rings (SSSR count). The Morgan fingerprint density at radius 1 is 1.02 bits per heavy atom. The van der Waals surface area contributed by atoms with Crippen LogP contribution in [-0.2, 0) is 12.6 Å². The van der Waals surface area contributed by atoms with Crippen LogP contribution < -0.4 is 10.6 Å². The number of nitrogens with one attached hydrogen (secondary N) is 2. The van der Waals surface area contributed by atoms with Crippen LogP contribution in [0.2, 0.25) is 0 Å². The number of hydrogen-bond donors (Lipinski definition) is 2. The van der Waals surface area contributed by atoms with Crippen LogP contribution in [0.4, 0.5) is 18.9 Å². The lowest BCUT2D eigenvalue weighted by Crippen LogP contribution is -2.26. The summed E-state index contributed by atoms with van der Waals surface area (Å²) in [4.78, 5) is 16.6. The fraction of sp³-hybridized carbons (Fsp3) is 0.394. The van der Waals surface area contributed by atoms with E-state index in [4.69, 9.17) is 0 Å². The number of carbonyl (C=O) groups is 1. The molecule has 0 saturated carbocycles. The summed E-state index contributed by atoms with van der Waals surface area (Å²) in [6.45, 7) is 13.7. The van der Waals surface area contributed by atoms with Gasteiger partial charge in [-0.3, -0.25) is 9.78 Å². The molecular weight excluding hydrogens is 511 g/mol. The molecule has 1 unspecified atom stereocenters. The van der Waals surface area contributed by atoms with E-state index < -0.39 is 17.6 Å². The average Bonchev–Trinajstić information content (AvgIpc) is 2.92. The van der Waals surface area contributed by atoms with Crippen molar-refractivity contribution < 1.29 is 18.0 Å². The maximum Gasteiger partial charge on any atom is 0.416 e. The summed E-state index contributed by atoms with van der Waals surface area (Å²) >= 11 is 0. The molecule has 0 radical (unpaired) electrons. The molecule has 1 aromatic heterocycles. The van der Waals surface area contributed by atoms with Crippen molar-refractivity contribution in [1.82, 2.24) is 10.3 Å². The SMILES string of the molecule is CCC(C)NCCC(C)C.CCc1ccc(NC(=O)c2ccc(C)c(C#Cc3cccnc3)c2)cc1C(F)(F)F. The number of halogens is 3. The molecule has 0 aliphatic carbocycles. The Morgan fingerprint density at radius 3 is 2.38 bits per heavy atom. The first kappa shape index (κ1) is 32.6. The van der Waals surface area contributed by atoms with Gasteiger partial charge >= 0.3 is 6.18 Å². The molecule has 4 nitrogen and oxygen atoms in total. The van der Waals surface area contributed by atoms with E-state index in [-0.39, 0.29) is 17.7 Å². The number of hydrogen-bond acceptors (Lipinski definition) is 3. The lowest BCUT2D eigenvalue weighted by molar-refractivity contribution is -0.138. The number of rotatable bonds is 8. The smallest absolute Gasteiger partial charge is 0.322 e. The molecule has 0 aliphatic heterocycles. The molecule has 2 N–H and O–H groups in total. The normalized spacial score (nSPS) is 11.7. The van der Waals surface area contributed by atoms with Crippen molar-refractivity contribution in [3.8, 4) is 11.8 Å². The summed E-state index contributed by atoms with van der Waals surface area (Å²) in [6.07, 6.45) is 1.59. The van der Waals surface area contributed by atoms with E-state index in [1.54, 1.807) is 43.6 Å². The van der Waals surface area contributed by atoms with E-state index in [9.17, 15) is 18.0 Å². The van der Waals surface area contributed by atoms with Gasteiger partial charge in [0.05, 0.1) is 5.56 Å². The topological polar surface area (TPSA) is 54.0 Å². The van der Waals surface area contributed by atoms with Crippen LogP contribution in [0.25, 0.3) is 0 Å². The quantitative estimate of drug-likeness (QED) is 0.279. The van der Waals surface area contributed by atoms with Gasteiger partial charge in [0.15, 0.2) is 0 Å². The fourth-order valence-corrected chi connectivity index (χ4v) is 3.67. The van der Waals surface area contributed by atoms with E-state index >= 15 is 0 Å². The van der Waals surface area contributed by atoms with Gasteiger partial charge in [-0.1, -0.05) is 51.7 Å². The third kappa shape index (κ3) is 10.9. The van der Waals surface area contributed by atoms with E-state index in [1.807, 2.05) is 13.0 Å². The first-order chi connectivity index (χ1) is 18.9. The molecule has 1 atom stereocenters. The first-order valence-electron chi connectivity index (χ1n) is 13.7. The largest absolute Gasteiger partial charge is 0.416 e. The molecule has 1 heterocycles. The van der Waals surface area contributed by atoms with Crippen LogP contribution in [0.5, 0.6) is 0 Å². The molecular formula is C33H40F3N3O. The maximum atomic E-state index is 13.3. The third-order valence-corrected chi connectivity index (χ3v) is 6.38. The van der Waals surface area contributed by atoms with Crippen molar-refractivity contribution >= 4 is 11.6 Å². The molecule has 0 spiro atoms. The number of pyridine rings is 1. The van der Waals surface area contributed by atoms with Gasteiger partial charge in [0.1, 0.15) is 0 Å². The summed E-state index contributed by atoms with van der Waals surface area (Å²) < 4.78 is 39.8. The lowest BCUT2D eigenvalue weighted by atomic mass is 10.0. The Labute approximate surface area is 236 Å². The predicted molar refractivity (Wildman–Crippen MR) is 157 cm³/mol. The Bertz CT molecular complexity index is 1290. The molecule has 0 aliphatic rings. The monoisotopic (exact) mass is 551 g/mol. The minimum atomic E-state index is -4.48. The van der Waals surface area contributed by atoms with Crippen LogP contribution in [0.1, 0.15) is 85.6 Å². The van der Waals surface area contributed by atoms with Crippen molar-refractivity contribution in [2.75, 3.05) is 11.9 Å². The second kappa shape index (κ2) is 15.8. The number of nitrogens with zero attached hydrogens (tertiary/aromatic N) is 1. The molecule has 2 aromatic carbocycles. The maximum absolute atomic E-state index is 13.3. The van der Waals surface area contributed by atoms with Gasteiger partial charge in [-0.15, -0.1) is 0 Å². The highest BCUT2D eigenvalue weighted by molar-refractivity contribution is 6.04. The minimum Gasteiger partial charge on any atom is -0.322 e. The third-order valence-electron chi connectivity index (χ3n) is 6.38.